The molecule has 19 heavy (non-hydrogen) atoms. The van der Waals surface area contributed by atoms with E-state index < -0.39 is 19.5 Å². The van der Waals surface area contributed by atoms with Crippen LogP contribution in [0.5, 0.6) is 5.75 Å². The van der Waals surface area contributed by atoms with Crippen molar-refractivity contribution in [2.75, 3.05) is 0 Å². The zero-order chi connectivity index (χ0) is 13.2. The van der Waals surface area contributed by atoms with Crippen molar-refractivity contribution in [2.24, 2.45) is 0 Å². The van der Waals surface area contributed by atoms with Crippen LogP contribution in [0.2, 0.25) is 0 Å². The topological polar surface area (TPSA) is 9.23 Å². The molecule has 0 bridgehead atoms. The normalized spacial score (nSPS) is 13.8. The maximum absolute atomic E-state index is 6.02. The van der Waals surface area contributed by atoms with Crippen molar-refractivity contribution in [1.82, 2.24) is 0 Å². The summed E-state index contributed by atoms with van der Waals surface area (Å²) in [5.74, 6) is 1.03. The maximum Gasteiger partial charge on any atom is -0.147 e. The van der Waals surface area contributed by atoms with Crippen LogP contribution in [-0.2, 0) is 25.0 Å². The Hall–Kier alpha value is -0.496. The van der Waals surface area contributed by atoms with Gasteiger partial charge in [-0.1, -0.05) is 0 Å². The van der Waals surface area contributed by atoms with Crippen LogP contribution in [0.15, 0.2) is 40.3 Å². The van der Waals surface area contributed by atoms with Crippen LogP contribution in [0, 0.1) is 6.92 Å². The van der Waals surface area contributed by atoms with Gasteiger partial charge in [0, 0.05) is 0 Å². The van der Waals surface area contributed by atoms with Crippen LogP contribution >= 0.6 is 12.4 Å². The fourth-order valence-corrected chi connectivity index (χ4v) is 3.03. The van der Waals surface area contributed by atoms with E-state index in [2.05, 4.69) is 64.1 Å². The average Bonchev–Trinajstić information content (AvgIpc) is 2.77. The summed E-state index contributed by atoms with van der Waals surface area (Å²) in [4.78, 5) is 0. The molecule has 0 amide bonds. The molecule has 0 N–H and O–H groups in total. The van der Waals surface area contributed by atoms with Crippen LogP contribution in [0.25, 0.3) is 0 Å². The van der Waals surface area contributed by atoms with Gasteiger partial charge in [0.15, 0.2) is 0 Å². The summed E-state index contributed by atoms with van der Waals surface area (Å²) in [5, 5.41) is 0. The van der Waals surface area contributed by atoms with Gasteiger partial charge >= 0.3 is 120 Å². The first-order chi connectivity index (χ1) is 8.45. The van der Waals surface area contributed by atoms with Gasteiger partial charge < -0.3 is 0 Å². The number of allylic oxidation sites excluding steroid dienone is 4. The molecule has 1 nitrogen and oxygen atoms in total. The molecule has 1 aromatic carbocycles. The van der Waals surface area contributed by atoms with Crippen LogP contribution in [-0.4, -0.2) is 0 Å². The van der Waals surface area contributed by atoms with Gasteiger partial charge in [-0.25, -0.2) is 0 Å². The summed E-state index contributed by atoms with van der Waals surface area (Å²) in [6.45, 7) is 8.86. The third-order valence-corrected chi connectivity index (χ3v) is 4.50. The zero-order valence-corrected chi connectivity index (χ0v) is 14.4. The smallest absolute Gasteiger partial charge is 0.147 e. The Kier molecular flexibility index (Phi) is 5.92. The molecular formula is C16H21ClOTi. The second-order valence-corrected chi connectivity index (χ2v) is 7.45. The van der Waals surface area contributed by atoms with Gasteiger partial charge in [0.2, 0.25) is 0 Å². The van der Waals surface area contributed by atoms with Crippen LogP contribution in [0.3, 0.4) is 0 Å². The first-order valence-corrected chi connectivity index (χ1v) is 7.78. The number of hydrogen-bond acceptors (Lipinski definition) is 1. The van der Waals surface area contributed by atoms with E-state index in [1.807, 2.05) is 0 Å². The Balaban J connectivity index is 0.00000180. The van der Waals surface area contributed by atoms with E-state index in [4.69, 9.17) is 3.32 Å². The van der Waals surface area contributed by atoms with Gasteiger partial charge in [0.25, 0.3) is 0 Å². The predicted molar refractivity (Wildman–Crippen MR) is 79.6 cm³/mol. The Morgan fingerprint density at radius 3 is 2.47 bits per heavy atom. The molecule has 3 heteroatoms. The molecule has 0 aliphatic heterocycles. The number of rotatable bonds is 3. The minimum Gasteiger partial charge on any atom is -0.147 e. The van der Waals surface area contributed by atoms with Gasteiger partial charge in [-0.05, 0) is 0 Å². The molecule has 1 aliphatic carbocycles. The van der Waals surface area contributed by atoms with Crippen LogP contribution < -0.4 is 3.32 Å². The van der Waals surface area contributed by atoms with Crippen molar-refractivity contribution < 1.29 is 22.9 Å². The minimum atomic E-state index is -0.459. The Morgan fingerprint density at radius 1 is 1.16 bits per heavy atom. The predicted octanol–water partition coefficient (Wildman–Crippen LogP) is 4.93. The summed E-state index contributed by atoms with van der Waals surface area (Å²) < 4.78 is 7.49. The van der Waals surface area contributed by atoms with Gasteiger partial charge in [-0.2, -0.15) is 0 Å². The Labute approximate surface area is 131 Å². The number of aryl methyl sites for hydroxylation is 1. The van der Waals surface area contributed by atoms with Gasteiger partial charge in [0.1, 0.15) is 0 Å². The Morgan fingerprint density at radius 2 is 1.89 bits per heavy atom. The molecule has 0 fully saturated rings. The number of benzene rings is 1. The number of halogens is 1. The van der Waals surface area contributed by atoms with E-state index in [-0.39, 0.29) is 17.8 Å². The molecule has 0 aromatic heterocycles. The molecule has 0 spiro atoms. The summed E-state index contributed by atoms with van der Waals surface area (Å²) in [6.07, 6.45) is 7.59. The van der Waals surface area contributed by atoms with E-state index in [1.165, 1.54) is 15.0 Å². The van der Waals surface area contributed by atoms with E-state index in [1.54, 1.807) is 0 Å². The van der Waals surface area contributed by atoms with Gasteiger partial charge in [0.05, 0.1) is 0 Å². The second kappa shape index (κ2) is 6.79. The van der Waals surface area contributed by atoms with Crippen molar-refractivity contribution >= 4 is 12.4 Å². The van der Waals surface area contributed by atoms with Crippen molar-refractivity contribution in [3.8, 4) is 5.75 Å². The molecule has 0 heterocycles. The molecule has 1 aliphatic rings. The minimum absolute atomic E-state index is 0. The van der Waals surface area contributed by atoms with Crippen molar-refractivity contribution in [1.29, 1.82) is 0 Å². The molecule has 0 radical (unpaired) electrons. The van der Waals surface area contributed by atoms with Crippen LogP contribution in [0.1, 0.15) is 38.3 Å². The standard InChI is InChI=1S/C11H16O.C5H5.ClH.Ti/c1-8-5-9(11(2,3)4)7-10(12)6-8;1-2-4-5-3-1;;/h5-7,12H,1-4H3;1-3H,4H2;1H;/q;;;+1/p-1. The summed E-state index contributed by atoms with van der Waals surface area (Å²) in [7, 11) is 0. The molecule has 0 saturated carbocycles. The van der Waals surface area contributed by atoms with E-state index in [0.717, 1.165) is 12.2 Å². The summed E-state index contributed by atoms with van der Waals surface area (Å²) >= 11 is -0.459. The fraction of sp³-hybridized carbons (Fsp3) is 0.375. The van der Waals surface area contributed by atoms with Gasteiger partial charge in [-0.15, -0.1) is 12.4 Å². The second-order valence-electron chi connectivity index (χ2n) is 5.81. The van der Waals surface area contributed by atoms with Crippen molar-refractivity contribution in [2.45, 2.75) is 39.5 Å². The average molecular weight is 313 g/mol. The van der Waals surface area contributed by atoms with E-state index >= 15 is 0 Å². The number of hydrogen-bond donors (Lipinski definition) is 0. The van der Waals surface area contributed by atoms with Crippen LogP contribution in [0.4, 0.5) is 0 Å². The molecule has 102 valence electrons. The SMILES string of the molecule is Cc1cc([O][Ti][C]2=CC=CC2)cc(C(C)(C)C)c1.Cl. The maximum atomic E-state index is 6.02. The van der Waals surface area contributed by atoms with E-state index in [9.17, 15) is 0 Å². The van der Waals surface area contributed by atoms with E-state index in [0.29, 0.717) is 0 Å². The first kappa shape index (κ1) is 16.6. The summed E-state index contributed by atoms with van der Waals surface area (Å²) in [5.41, 5.74) is 2.81. The van der Waals surface area contributed by atoms with Crippen molar-refractivity contribution in [3.63, 3.8) is 0 Å². The third kappa shape index (κ3) is 4.83. The molecular weight excluding hydrogens is 291 g/mol. The zero-order valence-electron chi connectivity index (χ0n) is 12.0. The molecule has 0 unspecified atom stereocenters. The first-order valence-electron chi connectivity index (χ1n) is 6.36. The third-order valence-electron chi connectivity index (χ3n) is 2.99. The fourth-order valence-electron chi connectivity index (χ4n) is 1.89. The quantitative estimate of drug-likeness (QED) is 0.719. The molecule has 1 aromatic rings. The van der Waals surface area contributed by atoms with Gasteiger partial charge in [-0.3, -0.25) is 0 Å². The summed E-state index contributed by atoms with van der Waals surface area (Å²) in [6, 6.07) is 6.59. The van der Waals surface area contributed by atoms with Crippen molar-refractivity contribution in [3.05, 3.63) is 51.4 Å². The molecule has 0 atom stereocenters. The Bertz CT molecular complexity index is 498. The monoisotopic (exact) mass is 312 g/mol. The molecule has 0 saturated heterocycles. The molecule has 2 rings (SSSR count). The largest absolute Gasteiger partial charge is 0.147 e.